The van der Waals surface area contributed by atoms with Crippen molar-refractivity contribution in [2.75, 3.05) is 26.2 Å². The smallest absolute Gasteiger partial charge is 0.236 e. The number of hydrogen-bond acceptors (Lipinski definition) is 7. The Morgan fingerprint density at radius 3 is 2.32 bits per heavy atom. The summed E-state index contributed by atoms with van der Waals surface area (Å²) in [7, 11) is 0. The lowest BCUT2D eigenvalue weighted by atomic mass is 10.1. The number of para-hydroxylation sites is 1. The van der Waals surface area contributed by atoms with Crippen molar-refractivity contribution < 1.29 is 9.90 Å². The van der Waals surface area contributed by atoms with E-state index in [1.165, 1.54) is 6.42 Å². The van der Waals surface area contributed by atoms with Gasteiger partial charge in [-0.15, -0.1) is 0 Å². The molecule has 1 saturated heterocycles. The van der Waals surface area contributed by atoms with Crippen molar-refractivity contribution in [3.8, 4) is 5.75 Å². The first-order valence-corrected chi connectivity index (χ1v) is 9.51. The number of nitrogens with two attached hydrogens (primary N) is 4. The van der Waals surface area contributed by atoms with Crippen LogP contribution in [-0.4, -0.2) is 53.0 Å². The van der Waals surface area contributed by atoms with Crippen LogP contribution in [0.5, 0.6) is 5.75 Å². The summed E-state index contributed by atoms with van der Waals surface area (Å²) in [4.78, 5) is 15.6. The first kappa shape index (κ1) is 23.2. The Balaban J connectivity index is 0.00000122. The van der Waals surface area contributed by atoms with Gasteiger partial charge < -0.3 is 37.8 Å². The lowest BCUT2D eigenvalue weighted by molar-refractivity contribution is -0.133. The number of allylic oxidation sites excluding steroid dienone is 1. The van der Waals surface area contributed by atoms with Crippen molar-refractivity contribution in [1.29, 1.82) is 0 Å². The van der Waals surface area contributed by atoms with Gasteiger partial charge in [0.1, 0.15) is 11.6 Å². The highest BCUT2D eigenvalue weighted by Crippen LogP contribution is 2.24. The van der Waals surface area contributed by atoms with E-state index in [1.54, 1.807) is 35.2 Å². The number of aromatic hydroxyl groups is 1. The van der Waals surface area contributed by atoms with Crippen LogP contribution < -0.4 is 22.9 Å². The molecule has 1 aromatic carbocycles. The van der Waals surface area contributed by atoms with Crippen LogP contribution in [0.1, 0.15) is 32.8 Å². The molecule has 9 N–H and O–H groups in total. The molecule has 1 aliphatic heterocycles. The number of piperazine rings is 1. The molecule has 0 aliphatic carbocycles. The number of phenolic OH excluding ortho intramolecular Hbond substituents is 1. The van der Waals surface area contributed by atoms with Gasteiger partial charge in [0, 0.05) is 36.9 Å². The van der Waals surface area contributed by atoms with Gasteiger partial charge in [0.05, 0.1) is 12.2 Å². The van der Waals surface area contributed by atoms with E-state index in [0.717, 1.165) is 0 Å². The van der Waals surface area contributed by atoms with Crippen LogP contribution >= 0.6 is 0 Å². The fraction of sp³-hybridized carbons (Fsp3) is 0.450. The Labute approximate surface area is 167 Å². The van der Waals surface area contributed by atoms with Gasteiger partial charge in [0.25, 0.3) is 0 Å². The van der Waals surface area contributed by atoms with Crippen LogP contribution in [0.2, 0.25) is 0 Å². The number of benzene rings is 1. The second-order valence-corrected chi connectivity index (χ2v) is 6.75. The van der Waals surface area contributed by atoms with E-state index >= 15 is 0 Å². The molecule has 1 aliphatic rings. The van der Waals surface area contributed by atoms with E-state index in [0.29, 0.717) is 36.6 Å². The minimum Gasteiger partial charge on any atom is -0.507 e. The lowest BCUT2D eigenvalue weighted by Gasteiger charge is -2.41. The molecule has 1 fully saturated rings. The molecule has 8 nitrogen and oxygen atoms in total. The van der Waals surface area contributed by atoms with Gasteiger partial charge in [0.15, 0.2) is 0 Å². The first-order chi connectivity index (χ1) is 13.3. The Morgan fingerprint density at radius 2 is 1.82 bits per heavy atom. The second-order valence-electron chi connectivity index (χ2n) is 6.75. The molecular weight excluding hydrogens is 356 g/mol. The molecule has 1 atom stereocenters. The molecular formula is C20H34N6O2. The first-order valence-electron chi connectivity index (χ1n) is 9.51. The largest absolute Gasteiger partial charge is 0.507 e. The predicted octanol–water partition coefficient (Wildman–Crippen LogP) is 0.686. The van der Waals surface area contributed by atoms with Crippen molar-refractivity contribution in [3.63, 3.8) is 0 Å². The third-order valence-corrected chi connectivity index (χ3v) is 4.27. The van der Waals surface area contributed by atoms with Crippen LogP contribution in [0.25, 0.3) is 5.70 Å². The molecule has 2 rings (SSSR count). The van der Waals surface area contributed by atoms with E-state index < -0.39 is 0 Å². The minimum absolute atomic E-state index is 0.00774. The zero-order valence-corrected chi connectivity index (χ0v) is 17.1. The van der Waals surface area contributed by atoms with E-state index in [2.05, 4.69) is 13.8 Å². The Morgan fingerprint density at radius 1 is 1.21 bits per heavy atom. The second kappa shape index (κ2) is 11.1. The molecule has 0 radical (unpaired) electrons. The standard InChI is InChI=1S/C17H26N6O2.C3H8/c1-11-10-22(6-7-23(11)16(25)9-18)14(17(20)21)8-13(19)12-4-2-3-5-15(12)24;1-3-2/h2-5,8,11,24H,6-7,9-10,18-21H2,1H3;3H2,1-2H3/b13-8-;. The number of hydrogen-bond donors (Lipinski definition) is 5. The van der Waals surface area contributed by atoms with E-state index in [9.17, 15) is 9.90 Å². The van der Waals surface area contributed by atoms with Gasteiger partial charge in [-0.05, 0) is 25.1 Å². The molecule has 0 bridgehead atoms. The van der Waals surface area contributed by atoms with Crippen LogP contribution in [0.3, 0.4) is 0 Å². The highest BCUT2D eigenvalue weighted by atomic mass is 16.3. The Hall–Kier alpha value is -2.87. The number of rotatable bonds is 4. The molecule has 1 aromatic rings. The zero-order chi connectivity index (χ0) is 21.3. The van der Waals surface area contributed by atoms with Gasteiger partial charge in [-0.1, -0.05) is 32.4 Å². The number of nitrogens with zero attached hydrogens (tertiary/aromatic N) is 2. The average molecular weight is 391 g/mol. The Kier molecular flexibility index (Phi) is 9.17. The molecule has 0 aromatic heterocycles. The molecule has 0 saturated carbocycles. The molecule has 1 heterocycles. The summed E-state index contributed by atoms with van der Waals surface area (Å²) in [6.07, 6.45) is 2.90. The maximum absolute atomic E-state index is 11.8. The number of carbonyl (C=O) groups excluding carboxylic acids is 1. The lowest BCUT2D eigenvalue weighted by Crippen LogP contribution is -2.55. The molecule has 0 spiro atoms. The van der Waals surface area contributed by atoms with Gasteiger partial charge in [0.2, 0.25) is 5.91 Å². The SMILES string of the molecule is CC1CN(C(/C=C(\N)c2ccccc2O)=C(N)N)CCN1C(=O)CN.CCC. The fourth-order valence-electron chi connectivity index (χ4n) is 2.96. The van der Waals surface area contributed by atoms with E-state index in [4.69, 9.17) is 22.9 Å². The fourth-order valence-corrected chi connectivity index (χ4v) is 2.96. The molecule has 28 heavy (non-hydrogen) atoms. The monoisotopic (exact) mass is 390 g/mol. The molecule has 1 unspecified atom stereocenters. The van der Waals surface area contributed by atoms with Crippen molar-refractivity contribution in [1.82, 2.24) is 9.80 Å². The van der Waals surface area contributed by atoms with Crippen LogP contribution in [0, 0.1) is 0 Å². The topological polar surface area (TPSA) is 148 Å². The van der Waals surface area contributed by atoms with Gasteiger partial charge >= 0.3 is 0 Å². The van der Waals surface area contributed by atoms with Crippen molar-refractivity contribution >= 4 is 11.6 Å². The van der Waals surface area contributed by atoms with Crippen molar-refractivity contribution in [2.45, 2.75) is 33.2 Å². The molecule has 1 amide bonds. The maximum Gasteiger partial charge on any atom is 0.236 e. The number of amides is 1. The highest BCUT2D eigenvalue weighted by molar-refractivity contribution is 5.78. The number of carbonyl (C=O) groups is 1. The molecule has 156 valence electrons. The summed E-state index contributed by atoms with van der Waals surface area (Å²) < 4.78 is 0. The summed E-state index contributed by atoms with van der Waals surface area (Å²) in [5, 5.41) is 9.94. The van der Waals surface area contributed by atoms with E-state index in [1.807, 2.05) is 11.8 Å². The zero-order valence-electron chi connectivity index (χ0n) is 17.1. The van der Waals surface area contributed by atoms with Crippen LogP contribution in [-0.2, 0) is 4.79 Å². The van der Waals surface area contributed by atoms with E-state index in [-0.39, 0.29) is 30.1 Å². The number of phenols is 1. The minimum atomic E-state index is -0.0809. The summed E-state index contributed by atoms with van der Waals surface area (Å²) >= 11 is 0. The van der Waals surface area contributed by atoms with Crippen LogP contribution in [0.4, 0.5) is 0 Å². The highest BCUT2D eigenvalue weighted by Gasteiger charge is 2.28. The average Bonchev–Trinajstić information content (AvgIpc) is 2.66. The summed E-state index contributed by atoms with van der Waals surface area (Å²) in [5.74, 6) is 0.129. The quantitative estimate of drug-likeness (QED) is 0.475. The Bertz CT molecular complexity index is 712. The third-order valence-electron chi connectivity index (χ3n) is 4.27. The van der Waals surface area contributed by atoms with Crippen LogP contribution in [0.15, 0.2) is 41.9 Å². The van der Waals surface area contributed by atoms with Crippen molar-refractivity contribution in [2.24, 2.45) is 22.9 Å². The van der Waals surface area contributed by atoms with Gasteiger partial charge in [-0.2, -0.15) is 0 Å². The maximum atomic E-state index is 11.8. The third kappa shape index (κ3) is 6.09. The van der Waals surface area contributed by atoms with Crippen molar-refractivity contribution in [3.05, 3.63) is 47.4 Å². The molecule has 8 heteroatoms. The predicted molar refractivity (Wildman–Crippen MR) is 113 cm³/mol. The normalized spacial score (nSPS) is 16.9. The summed E-state index contributed by atoms with van der Waals surface area (Å²) in [6.45, 7) is 7.84. The van der Waals surface area contributed by atoms with Gasteiger partial charge in [-0.3, -0.25) is 4.79 Å². The summed E-state index contributed by atoms with van der Waals surface area (Å²) in [6, 6.07) is 6.75. The van der Waals surface area contributed by atoms with Gasteiger partial charge in [-0.25, -0.2) is 0 Å². The summed E-state index contributed by atoms with van der Waals surface area (Å²) in [5.41, 5.74) is 24.7.